The van der Waals surface area contributed by atoms with Crippen LogP contribution in [0.4, 0.5) is 4.39 Å². The Bertz CT molecular complexity index is 1720. The molecule has 37 heavy (non-hydrogen) atoms. The van der Waals surface area contributed by atoms with E-state index in [1.807, 2.05) is 67.5 Å². The van der Waals surface area contributed by atoms with Crippen molar-refractivity contribution in [2.75, 3.05) is 20.6 Å². The van der Waals surface area contributed by atoms with Crippen LogP contribution in [0.15, 0.2) is 79.1 Å². The smallest absolute Gasteiger partial charge is 0.181 e. The molecule has 1 atom stereocenters. The summed E-state index contributed by atoms with van der Waals surface area (Å²) in [5.74, 6) is -0.304. The molecule has 6 rings (SSSR count). The van der Waals surface area contributed by atoms with Crippen molar-refractivity contribution in [1.29, 1.82) is 0 Å². The Morgan fingerprint density at radius 2 is 1.84 bits per heavy atom. The number of hydrogen-bond acceptors (Lipinski definition) is 5. The molecule has 6 aromatic rings. The molecule has 0 amide bonds. The number of likely N-dealkylation sites (N-methyl/N-ethyl adjacent to an activating group) is 1. The van der Waals surface area contributed by atoms with Crippen LogP contribution in [0, 0.1) is 5.82 Å². The van der Waals surface area contributed by atoms with E-state index in [1.54, 1.807) is 18.5 Å². The minimum atomic E-state index is -0.304. The molecule has 0 fully saturated rings. The van der Waals surface area contributed by atoms with E-state index in [1.165, 1.54) is 6.07 Å². The molecule has 4 N–H and O–H groups in total. The van der Waals surface area contributed by atoms with Gasteiger partial charge in [0.15, 0.2) is 5.65 Å². The normalized spacial score (nSPS) is 12.6. The molecule has 0 saturated carbocycles. The van der Waals surface area contributed by atoms with Gasteiger partial charge >= 0.3 is 0 Å². The van der Waals surface area contributed by atoms with Crippen LogP contribution in [0.3, 0.4) is 0 Å². The van der Waals surface area contributed by atoms with Crippen LogP contribution >= 0.6 is 0 Å². The summed E-state index contributed by atoms with van der Waals surface area (Å²) in [6, 6.07) is 20.6. The average Bonchev–Trinajstić information content (AvgIpc) is 3.52. The lowest BCUT2D eigenvalue weighted by Gasteiger charge is -2.18. The maximum absolute atomic E-state index is 14.7. The van der Waals surface area contributed by atoms with E-state index in [2.05, 4.69) is 31.2 Å². The zero-order chi connectivity index (χ0) is 25.5. The predicted octanol–water partition coefficient (Wildman–Crippen LogP) is 5.54. The van der Waals surface area contributed by atoms with E-state index >= 15 is 0 Å². The van der Waals surface area contributed by atoms with E-state index in [4.69, 9.17) is 5.73 Å². The lowest BCUT2D eigenvalue weighted by atomic mass is 9.97. The van der Waals surface area contributed by atoms with Crippen LogP contribution in [0.1, 0.15) is 11.6 Å². The second kappa shape index (κ2) is 9.24. The number of nitrogens with two attached hydrogens (primary N) is 1. The lowest BCUT2D eigenvalue weighted by Crippen LogP contribution is -2.26. The second-order valence-electron chi connectivity index (χ2n) is 9.50. The first-order chi connectivity index (χ1) is 18.0. The van der Waals surface area contributed by atoms with E-state index in [-0.39, 0.29) is 11.9 Å². The number of nitrogens with zero attached hydrogens (tertiary/aromatic N) is 4. The maximum Gasteiger partial charge on any atom is 0.181 e. The summed E-state index contributed by atoms with van der Waals surface area (Å²) >= 11 is 0. The van der Waals surface area contributed by atoms with Crippen molar-refractivity contribution in [3.05, 3.63) is 90.5 Å². The summed E-state index contributed by atoms with van der Waals surface area (Å²) in [7, 11) is 3.91. The van der Waals surface area contributed by atoms with Gasteiger partial charge in [-0.3, -0.25) is 10.1 Å². The third-order valence-corrected chi connectivity index (χ3v) is 6.52. The van der Waals surface area contributed by atoms with Crippen molar-refractivity contribution in [2.45, 2.75) is 6.04 Å². The van der Waals surface area contributed by atoms with Gasteiger partial charge in [0.05, 0.1) is 17.1 Å². The fourth-order valence-corrected chi connectivity index (χ4v) is 4.80. The maximum atomic E-state index is 14.7. The number of pyridine rings is 2. The average molecular weight is 492 g/mol. The standard InChI is InChI=1S/C29H26FN7/c1-37(2)16-24(31)18-10-17(11-20(30)12-18)21-6-5-8-26-22(21)14-27(34-26)28-23-13-19(15-33-29(23)36-35-28)25-7-3-4-9-32-25/h3-15,24,34H,16,31H2,1-2H3,(H,33,35,36). The Morgan fingerprint density at radius 1 is 0.946 bits per heavy atom. The highest BCUT2D eigenvalue weighted by Crippen LogP contribution is 2.35. The molecular formula is C29H26FN7. The van der Waals surface area contributed by atoms with E-state index in [9.17, 15) is 4.39 Å². The van der Waals surface area contributed by atoms with Gasteiger partial charge in [0.1, 0.15) is 5.82 Å². The zero-order valence-corrected chi connectivity index (χ0v) is 20.5. The van der Waals surface area contributed by atoms with E-state index < -0.39 is 0 Å². The van der Waals surface area contributed by atoms with Gasteiger partial charge in [-0.15, -0.1) is 0 Å². The fraction of sp³-hybridized carbons (Fsp3) is 0.138. The third kappa shape index (κ3) is 4.37. The largest absolute Gasteiger partial charge is 0.353 e. The summed E-state index contributed by atoms with van der Waals surface area (Å²) in [5.41, 5.74) is 13.9. The third-order valence-electron chi connectivity index (χ3n) is 6.52. The number of halogens is 1. The van der Waals surface area contributed by atoms with Crippen molar-refractivity contribution in [1.82, 2.24) is 30.0 Å². The predicted molar refractivity (Wildman–Crippen MR) is 145 cm³/mol. The van der Waals surface area contributed by atoms with Gasteiger partial charge in [0.2, 0.25) is 0 Å². The molecule has 184 valence electrons. The number of benzene rings is 2. The molecule has 7 nitrogen and oxygen atoms in total. The summed E-state index contributed by atoms with van der Waals surface area (Å²) in [6.45, 7) is 0.628. The second-order valence-corrected chi connectivity index (χ2v) is 9.50. The van der Waals surface area contributed by atoms with Crippen molar-refractivity contribution >= 4 is 21.9 Å². The van der Waals surface area contributed by atoms with Crippen molar-refractivity contribution in [3.8, 4) is 33.8 Å². The highest BCUT2D eigenvalue weighted by atomic mass is 19.1. The minimum absolute atomic E-state index is 0.289. The highest BCUT2D eigenvalue weighted by molar-refractivity contribution is 6.01. The van der Waals surface area contributed by atoms with Gasteiger partial charge in [-0.25, -0.2) is 9.37 Å². The number of aromatic nitrogens is 5. The number of rotatable bonds is 6. The zero-order valence-electron chi connectivity index (χ0n) is 20.5. The Balaban J connectivity index is 1.45. The van der Waals surface area contributed by atoms with Crippen LogP contribution in [0.2, 0.25) is 0 Å². The van der Waals surface area contributed by atoms with Gasteiger partial charge in [-0.05, 0) is 79.3 Å². The Labute approximate surface area is 213 Å². The number of nitrogens with one attached hydrogen (secondary N) is 2. The summed E-state index contributed by atoms with van der Waals surface area (Å²) < 4.78 is 14.7. The van der Waals surface area contributed by atoms with Crippen LogP contribution < -0.4 is 5.73 Å². The Morgan fingerprint density at radius 3 is 2.65 bits per heavy atom. The van der Waals surface area contributed by atoms with Crippen LogP contribution in [0.25, 0.3) is 55.7 Å². The van der Waals surface area contributed by atoms with Gasteiger partial charge in [0.25, 0.3) is 0 Å². The molecule has 0 bridgehead atoms. The van der Waals surface area contributed by atoms with Gasteiger partial charge in [-0.1, -0.05) is 18.2 Å². The molecule has 0 radical (unpaired) electrons. The van der Waals surface area contributed by atoms with Crippen molar-refractivity contribution < 1.29 is 4.39 Å². The van der Waals surface area contributed by atoms with Crippen molar-refractivity contribution in [2.24, 2.45) is 5.73 Å². The summed E-state index contributed by atoms with van der Waals surface area (Å²) in [6.07, 6.45) is 3.54. The topological polar surface area (TPSA) is 99.5 Å². The van der Waals surface area contributed by atoms with Crippen LogP contribution in [0.5, 0.6) is 0 Å². The molecule has 1 unspecified atom stereocenters. The number of fused-ring (bicyclic) bond motifs is 2. The lowest BCUT2D eigenvalue weighted by molar-refractivity contribution is 0.376. The number of aromatic amines is 2. The van der Waals surface area contributed by atoms with Gasteiger partial charge < -0.3 is 15.6 Å². The number of H-pyrrole nitrogens is 2. The molecular weight excluding hydrogens is 465 g/mol. The SMILES string of the molecule is CN(C)CC(N)c1cc(F)cc(-c2cccc3[nH]c(-c4[nH]nc5ncc(-c6ccccn6)cc45)cc23)c1. The first-order valence-corrected chi connectivity index (χ1v) is 12.0. The van der Waals surface area contributed by atoms with Crippen LogP contribution in [-0.4, -0.2) is 50.7 Å². The van der Waals surface area contributed by atoms with E-state index in [0.717, 1.165) is 55.6 Å². The van der Waals surface area contributed by atoms with Crippen molar-refractivity contribution in [3.63, 3.8) is 0 Å². The molecule has 8 heteroatoms. The minimum Gasteiger partial charge on any atom is -0.353 e. The highest BCUT2D eigenvalue weighted by Gasteiger charge is 2.16. The molecule has 0 aliphatic heterocycles. The fourth-order valence-electron chi connectivity index (χ4n) is 4.80. The quantitative estimate of drug-likeness (QED) is 0.284. The molecule has 2 aromatic carbocycles. The molecule has 0 saturated heterocycles. The van der Waals surface area contributed by atoms with Gasteiger partial charge in [-0.2, -0.15) is 5.10 Å². The first-order valence-electron chi connectivity index (χ1n) is 12.0. The summed E-state index contributed by atoms with van der Waals surface area (Å²) in [4.78, 5) is 14.5. The molecule has 0 aliphatic rings. The summed E-state index contributed by atoms with van der Waals surface area (Å²) in [5, 5.41) is 9.40. The van der Waals surface area contributed by atoms with Crippen LogP contribution in [-0.2, 0) is 0 Å². The number of hydrogen-bond donors (Lipinski definition) is 3. The first kappa shape index (κ1) is 23.0. The monoisotopic (exact) mass is 491 g/mol. The molecule has 0 aliphatic carbocycles. The van der Waals surface area contributed by atoms with Gasteiger partial charge in [0, 0.05) is 46.8 Å². The Kier molecular flexibility index (Phi) is 5.75. The van der Waals surface area contributed by atoms with E-state index in [0.29, 0.717) is 12.2 Å². The Hall–Kier alpha value is -4.40. The molecule has 4 heterocycles. The molecule has 0 spiro atoms. The molecule has 4 aromatic heterocycles.